The number of carbonyl (C=O) groups is 2. The van der Waals surface area contributed by atoms with Crippen LogP contribution in [0.4, 0.5) is 0 Å². The highest BCUT2D eigenvalue weighted by Gasteiger charge is 2.30. The second-order valence-electron chi connectivity index (χ2n) is 9.62. The molecule has 2 amide bonds. The highest BCUT2D eigenvalue weighted by molar-refractivity contribution is 5.88. The van der Waals surface area contributed by atoms with E-state index in [0.717, 1.165) is 42.6 Å². The Hall–Kier alpha value is -3.02. The third-order valence-electron chi connectivity index (χ3n) is 6.72. The van der Waals surface area contributed by atoms with E-state index in [1.807, 2.05) is 55.5 Å². The smallest absolute Gasteiger partial charge is 0.261 e. The zero-order chi connectivity index (χ0) is 25.2. The fourth-order valence-corrected chi connectivity index (χ4v) is 4.74. The van der Waals surface area contributed by atoms with Crippen molar-refractivity contribution in [1.29, 1.82) is 0 Å². The maximum absolute atomic E-state index is 13.5. The Labute approximate surface area is 210 Å². The molecule has 1 saturated carbocycles. The van der Waals surface area contributed by atoms with Gasteiger partial charge in [-0.05, 0) is 54.5 Å². The van der Waals surface area contributed by atoms with Gasteiger partial charge in [-0.2, -0.15) is 0 Å². The molecule has 0 heterocycles. The van der Waals surface area contributed by atoms with Crippen LogP contribution in [-0.4, -0.2) is 42.5 Å². The first-order chi connectivity index (χ1) is 16.9. The van der Waals surface area contributed by atoms with Crippen LogP contribution in [0.15, 0.2) is 48.5 Å². The molecule has 3 rings (SSSR count). The van der Waals surface area contributed by atoms with Gasteiger partial charge in [-0.25, -0.2) is 0 Å². The molecular formula is C29H40N2O4. The Bertz CT molecular complexity index is 969. The molecule has 0 aromatic heterocycles. The standard InChI is InChI=1S/C29H40N2O4/c1-5-26(29(33)30-23-13-7-6-8-14-23)31(19-22-12-11-15-24(18-22)34-4)28(32)20-35-27-17-10-9-16-25(27)21(2)3/h9-12,15-18,21,23,26H,5-8,13-14,19-20H2,1-4H3,(H,30,33)/t26-/m1/s1. The first-order valence-corrected chi connectivity index (χ1v) is 12.9. The third-order valence-corrected chi connectivity index (χ3v) is 6.72. The van der Waals surface area contributed by atoms with E-state index >= 15 is 0 Å². The second kappa shape index (κ2) is 13.2. The van der Waals surface area contributed by atoms with E-state index in [0.29, 0.717) is 18.7 Å². The number of para-hydroxylation sites is 1. The van der Waals surface area contributed by atoms with E-state index in [1.54, 1.807) is 12.0 Å². The second-order valence-corrected chi connectivity index (χ2v) is 9.62. The molecular weight excluding hydrogens is 440 g/mol. The van der Waals surface area contributed by atoms with Crippen LogP contribution < -0.4 is 14.8 Å². The minimum absolute atomic E-state index is 0.0850. The summed E-state index contributed by atoms with van der Waals surface area (Å²) in [6.07, 6.45) is 6.02. The number of hydrogen-bond acceptors (Lipinski definition) is 4. The van der Waals surface area contributed by atoms with Crippen molar-refractivity contribution in [2.24, 2.45) is 0 Å². The molecule has 1 fully saturated rings. The van der Waals surface area contributed by atoms with Crippen molar-refractivity contribution in [3.05, 3.63) is 59.7 Å². The van der Waals surface area contributed by atoms with Crippen molar-refractivity contribution >= 4 is 11.8 Å². The van der Waals surface area contributed by atoms with E-state index in [2.05, 4.69) is 19.2 Å². The molecule has 0 spiro atoms. The number of carbonyl (C=O) groups excluding carboxylic acids is 2. The van der Waals surface area contributed by atoms with Crippen LogP contribution in [0.2, 0.25) is 0 Å². The zero-order valence-corrected chi connectivity index (χ0v) is 21.6. The number of ether oxygens (including phenoxy) is 2. The van der Waals surface area contributed by atoms with Crippen LogP contribution >= 0.6 is 0 Å². The maximum atomic E-state index is 13.5. The van der Waals surface area contributed by atoms with E-state index in [-0.39, 0.29) is 30.4 Å². The maximum Gasteiger partial charge on any atom is 0.261 e. The first kappa shape index (κ1) is 26.6. The van der Waals surface area contributed by atoms with E-state index in [9.17, 15) is 9.59 Å². The SMILES string of the molecule is CC[C@H](C(=O)NC1CCCCC1)N(Cc1cccc(OC)c1)C(=O)COc1ccccc1C(C)C. The van der Waals surface area contributed by atoms with Crippen LogP contribution in [-0.2, 0) is 16.1 Å². The summed E-state index contributed by atoms with van der Waals surface area (Å²) >= 11 is 0. The lowest BCUT2D eigenvalue weighted by molar-refractivity contribution is -0.143. The summed E-state index contributed by atoms with van der Waals surface area (Å²) in [4.78, 5) is 28.5. The predicted molar refractivity (Wildman–Crippen MR) is 139 cm³/mol. The number of methoxy groups -OCH3 is 1. The highest BCUT2D eigenvalue weighted by atomic mass is 16.5. The molecule has 0 unspecified atom stereocenters. The van der Waals surface area contributed by atoms with Crippen LogP contribution in [0.25, 0.3) is 0 Å². The van der Waals surface area contributed by atoms with Crippen LogP contribution in [0.3, 0.4) is 0 Å². The van der Waals surface area contributed by atoms with Crippen molar-refractivity contribution in [1.82, 2.24) is 10.2 Å². The average molecular weight is 481 g/mol. The van der Waals surface area contributed by atoms with Gasteiger partial charge >= 0.3 is 0 Å². The van der Waals surface area contributed by atoms with E-state index in [4.69, 9.17) is 9.47 Å². The topological polar surface area (TPSA) is 67.9 Å². The number of nitrogens with zero attached hydrogens (tertiary/aromatic N) is 1. The molecule has 6 heteroatoms. The minimum atomic E-state index is -0.570. The van der Waals surface area contributed by atoms with E-state index < -0.39 is 6.04 Å². The molecule has 1 atom stereocenters. The summed E-state index contributed by atoms with van der Waals surface area (Å²) in [6.45, 7) is 6.33. The number of amides is 2. The van der Waals surface area contributed by atoms with Gasteiger partial charge in [0.2, 0.25) is 5.91 Å². The van der Waals surface area contributed by atoms with Gasteiger partial charge in [-0.15, -0.1) is 0 Å². The summed E-state index contributed by atoms with van der Waals surface area (Å²) in [5, 5.41) is 3.21. The highest BCUT2D eigenvalue weighted by Crippen LogP contribution is 2.26. The number of benzene rings is 2. The Morgan fingerprint density at radius 1 is 1.06 bits per heavy atom. The summed E-state index contributed by atoms with van der Waals surface area (Å²) in [6, 6.07) is 15.0. The van der Waals surface area contributed by atoms with Gasteiger partial charge in [0.1, 0.15) is 17.5 Å². The van der Waals surface area contributed by atoms with Gasteiger partial charge in [0, 0.05) is 12.6 Å². The molecule has 1 aliphatic carbocycles. The summed E-state index contributed by atoms with van der Waals surface area (Å²) in [7, 11) is 1.62. The van der Waals surface area contributed by atoms with Gasteiger partial charge in [-0.3, -0.25) is 9.59 Å². The summed E-state index contributed by atoms with van der Waals surface area (Å²) in [5.41, 5.74) is 1.96. The van der Waals surface area contributed by atoms with Gasteiger partial charge in [0.05, 0.1) is 7.11 Å². The molecule has 6 nitrogen and oxygen atoms in total. The third kappa shape index (κ3) is 7.48. The van der Waals surface area contributed by atoms with Crippen molar-refractivity contribution in [3.8, 4) is 11.5 Å². The molecule has 0 aliphatic heterocycles. The summed E-state index contributed by atoms with van der Waals surface area (Å²) in [5.74, 6) is 1.41. The van der Waals surface area contributed by atoms with Gasteiger partial charge in [0.25, 0.3) is 5.91 Å². The molecule has 2 aromatic rings. The van der Waals surface area contributed by atoms with Gasteiger partial charge < -0.3 is 19.7 Å². The number of nitrogens with one attached hydrogen (secondary N) is 1. The molecule has 0 radical (unpaired) electrons. The molecule has 1 N–H and O–H groups in total. The van der Waals surface area contributed by atoms with Gasteiger partial charge in [-0.1, -0.05) is 70.4 Å². The fraction of sp³-hybridized carbons (Fsp3) is 0.517. The molecule has 0 bridgehead atoms. The molecule has 35 heavy (non-hydrogen) atoms. The molecule has 0 saturated heterocycles. The fourth-order valence-electron chi connectivity index (χ4n) is 4.74. The number of hydrogen-bond donors (Lipinski definition) is 1. The predicted octanol–water partition coefficient (Wildman–Crippen LogP) is 5.45. The van der Waals surface area contributed by atoms with Crippen LogP contribution in [0, 0.1) is 0 Å². The Balaban J connectivity index is 1.80. The quantitative estimate of drug-likeness (QED) is 0.464. The first-order valence-electron chi connectivity index (χ1n) is 12.9. The Morgan fingerprint density at radius 3 is 2.49 bits per heavy atom. The number of rotatable bonds is 11. The lowest BCUT2D eigenvalue weighted by atomic mass is 9.95. The van der Waals surface area contributed by atoms with Gasteiger partial charge in [0.15, 0.2) is 6.61 Å². The molecule has 190 valence electrons. The normalized spacial score (nSPS) is 14.9. The minimum Gasteiger partial charge on any atom is -0.497 e. The largest absolute Gasteiger partial charge is 0.497 e. The monoisotopic (exact) mass is 480 g/mol. The van der Waals surface area contributed by atoms with Crippen molar-refractivity contribution < 1.29 is 19.1 Å². The molecule has 2 aromatic carbocycles. The zero-order valence-electron chi connectivity index (χ0n) is 21.6. The lowest BCUT2D eigenvalue weighted by Crippen LogP contribution is -2.52. The van der Waals surface area contributed by atoms with Crippen molar-refractivity contribution in [2.75, 3.05) is 13.7 Å². The summed E-state index contributed by atoms with van der Waals surface area (Å²) < 4.78 is 11.4. The average Bonchev–Trinajstić information content (AvgIpc) is 2.88. The molecule has 1 aliphatic rings. The Kier molecular flexibility index (Phi) is 10.0. The lowest BCUT2D eigenvalue weighted by Gasteiger charge is -2.33. The van der Waals surface area contributed by atoms with Crippen LogP contribution in [0.5, 0.6) is 11.5 Å². The van der Waals surface area contributed by atoms with Crippen LogP contribution in [0.1, 0.15) is 76.3 Å². The van der Waals surface area contributed by atoms with E-state index in [1.165, 1.54) is 6.42 Å². The van der Waals surface area contributed by atoms with Crippen molar-refractivity contribution in [2.45, 2.75) is 83.8 Å². The Morgan fingerprint density at radius 2 is 1.80 bits per heavy atom. The van der Waals surface area contributed by atoms with Crippen molar-refractivity contribution in [3.63, 3.8) is 0 Å².